The fourth-order valence-corrected chi connectivity index (χ4v) is 1.92. The van der Waals surface area contributed by atoms with Gasteiger partial charge in [-0.1, -0.05) is 29.3 Å². The van der Waals surface area contributed by atoms with E-state index in [4.69, 9.17) is 28.3 Å². The van der Waals surface area contributed by atoms with Gasteiger partial charge in [0.2, 0.25) is 0 Å². The zero-order chi connectivity index (χ0) is 14.7. The molecule has 2 rings (SSSR count). The fourth-order valence-electron chi connectivity index (χ4n) is 1.53. The first-order valence-corrected chi connectivity index (χ1v) is 6.20. The van der Waals surface area contributed by atoms with E-state index in [9.17, 15) is 9.59 Å². The van der Waals surface area contributed by atoms with Gasteiger partial charge in [-0.05, 0) is 24.3 Å². The number of carboxylic acid groups (broad SMARTS) is 1. The number of pyridine rings is 1. The summed E-state index contributed by atoms with van der Waals surface area (Å²) < 4.78 is 0. The molecule has 0 atom stereocenters. The Morgan fingerprint density at radius 3 is 2.50 bits per heavy atom. The Bertz CT molecular complexity index is 689. The van der Waals surface area contributed by atoms with E-state index < -0.39 is 11.9 Å². The van der Waals surface area contributed by atoms with E-state index in [0.29, 0.717) is 0 Å². The van der Waals surface area contributed by atoms with E-state index in [1.165, 1.54) is 24.4 Å². The van der Waals surface area contributed by atoms with E-state index in [2.05, 4.69) is 10.3 Å². The van der Waals surface area contributed by atoms with Crippen LogP contribution in [0.5, 0.6) is 0 Å². The normalized spacial score (nSPS) is 10.1. The lowest BCUT2D eigenvalue weighted by Crippen LogP contribution is -2.16. The number of halogens is 2. The number of anilines is 1. The average molecular weight is 311 g/mol. The molecule has 1 aromatic heterocycles. The number of nitrogens with one attached hydrogen (secondary N) is 1. The van der Waals surface area contributed by atoms with E-state index in [1.807, 2.05) is 0 Å². The summed E-state index contributed by atoms with van der Waals surface area (Å²) >= 11 is 11.7. The molecule has 1 amide bonds. The third-order valence-corrected chi connectivity index (χ3v) is 3.29. The van der Waals surface area contributed by atoms with Crippen LogP contribution < -0.4 is 5.32 Å². The Kier molecular flexibility index (Phi) is 4.22. The molecular formula is C13H8Cl2N2O3. The highest BCUT2D eigenvalue weighted by Gasteiger charge is 2.17. The van der Waals surface area contributed by atoms with Crippen molar-refractivity contribution in [1.82, 2.24) is 4.98 Å². The molecule has 0 saturated carbocycles. The number of rotatable bonds is 3. The summed E-state index contributed by atoms with van der Waals surface area (Å²) in [5.74, 6) is -1.83. The van der Waals surface area contributed by atoms with Crippen LogP contribution in [-0.2, 0) is 0 Å². The minimum atomic E-state index is -1.19. The van der Waals surface area contributed by atoms with Gasteiger partial charge in [0.15, 0.2) is 0 Å². The van der Waals surface area contributed by atoms with E-state index in [1.54, 1.807) is 12.1 Å². The Labute approximate surface area is 124 Å². The molecular weight excluding hydrogens is 303 g/mol. The molecule has 0 unspecified atom stereocenters. The van der Waals surface area contributed by atoms with Crippen molar-refractivity contribution >= 4 is 40.9 Å². The lowest BCUT2D eigenvalue weighted by molar-refractivity contribution is 0.0697. The molecule has 2 aromatic rings. The van der Waals surface area contributed by atoms with Gasteiger partial charge in [-0.15, -0.1) is 0 Å². The molecule has 0 radical (unpaired) electrons. The molecule has 0 aliphatic heterocycles. The number of benzene rings is 1. The molecule has 2 N–H and O–H groups in total. The molecule has 5 nitrogen and oxygen atoms in total. The van der Waals surface area contributed by atoms with Gasteiger partial charge >= 0.3 is 5.97 Å². The Hall–Kier alpha value is -2.11. The SMILES string of the molecule is O=C(O)c1cccnc1NC(=O)c1cccc(Cl)c1Cl. The summed E-state index contributed by atoms with van der Waals surface area (Å²) in [6.07, 6.45) is 1.38. The number of carbonyl (C=O) groups excluding carboxylic acids is 1. The van der Waals surface area contributed by atoms with Crippen LogP contribution in [-0.4, -0.2) is 22.0 Å². The summed E-state index contributed by atoms with van der Waals surface area (Å²) in [6.45, 7) is 0. The lowest BCUT2D eigenvalue weighted by Gasteiger charge is -2.08. The summed E-state index contributed by atoms with van der Waals surface area (Å²) in [4.78, 5) is 26.9. The maximum Gasteiger partial charge on any atom is 0.339 e. The molecule has 1 heterocycles. The maximum absolute atomic E-state index is 12.1. The summed E-state index contributed by atoms with van der Waals surface area (Å²) in [7, 11) is 0. The summed E-state index contributed by atoms with van der Waals surface area (Å²) in [5, 5.41) is 11.7. The number of carbonyl (C=O) groups is 2. The summed E-state index contributed by atoms with van der Waals surface area (Å²) in [6, 6.07) is 7.40. The zero-order valence-corrected chi connectivity index (χ0v) is 11.4. The molecule has 1 aromatic carbocycles. The Balaban J connectivity index is 2.33. The smallest absolute Gasteiger partial charge is 0.339 e. The van der Waals surface area contributed by atoms with E-state index in [0.717, 1.165) is 0 Å². The van der Waals surface area contributed by atoms with Gasteiger partial charge in [0.05, 0.1) is 15.6 Å². The Morgan fingerprint density at radius 1 is 1.10 bits per heavy atom. The van der Waals surface area contributed by atoms with Gasteiger partial charge < -0.3 is 10.4 Å². The number of amides is 1. The van der Waals surface area contributed by atoms with Crippen LogP contribution in [0.4, 0.5) is 5.82 Å². The van der Waals surface area contributed by atoms with Gasteiger partial charge in [0.1, 0.15) is 11.4 Å². The molecule has 0 aliphatic rings. The second-order valence-electron chi connectivity index (χ2n) is 3.76. The van der Waals surface area contributed by atoms with Crippen LogP contribution in [0.1, 0.15) is 20.7 Å². The highest BCUT2D eigenvalue weighted by Crippen LogP contribution is 2.26. The number of aromatic nitrogens is 1. The van der Waals surface area contributed by atoms with Gasteiger partial charge in [-0.2, -0.15) is 0 Å². The number of carboxylic acids is 1. The summed E-state index contributed by atoms with van der Waals surface area (Å²) in [5.41, 5.74) is 0.0279. The second-order valence-corrected chi connectivity index (χ2v) is 4.55. The van der Waals surface area contributed by atoms with Crippen molar-refractivity contribution in [1.29, 1.82) is 0 Å². The molecule has 20 heavy (non-hydrogen) atoms. The molecule has 0 aliphatic carbocycles. The first-order valence-electron chi connectivity index (χ1n) is 5.44. The first kappa shape index (κ1) is 14.3. The van der Waals surface area contributed by atoms with Crippen molar-refractivity contribution < 1.29 is 14.7 Å². The zero-order valence-electron chi connectivity index (χ0n) is 9.93. The average Bonchev–Trinajstić information content (AvgIpc) is 2.42. The molecule has 0 bridgehead atoms. The third kappa shape index (κ3) is 2.89. The van der Waals surface area contributed by atoms with Crippen molar-refractivity contribution in [3.05, 3.63) is 57.7 Å². The van der Waals surface area contributed by atoms with Crippen LogP contribution in [0, 0.1) is 0 Å². The van der Waals surface area contributed by atoms with Crippen molar-refractivity contribution in [2.24, 2.45) is 0 Å². The van der Waals surface area contributed by atoms with Crippen LogP contribution in [0.15, 0.2) is 36.5 Å². The lowest BCUT2D eigenvalue weighted by atomic mass is 10.2. The predicted molar refractivity (Wildman–Crippen MR) is 75.6 cm³/mol. The maximum atomic E-state index is 12.1. The number of nitrogens with zero attached hydrogens (tertiary/aromatic N) is 1. The number of hydrogen-bond acceptors (Lipinski definition) is 3. The Morgan fingerprint density at radius 2 is 1.80 bits per heavy atom. The van der Waals surface area contributed by atoms with E-state index >= 15 is 0 Å². The predicted octanol–water partition coefficient (Wildman–Crippen LogP) is 3.34. The van der Waals surface area contributed by atoms with Crippen LogP contribution in [0.3, 0.4) is 0 Å². The highest BCUT2D eigenvalue weighted by molar-refractivity contribution is 6.44. The van der Waals surface area contributed by atoms with Crippen molar-refractivity contribution in [2.75, 3.05) is 5.32 Å². The van der Waals surface area contributed by atoms with Crippen molar-refractivity contribution in [3.63, 3.8) is 0 Å². The van der Waals surface area contributed by atoms with Gasteiger partial charge in [0, 0.05) is 6.20 Å². The van der Waals surface area contributed by atoms with Crippen molar-refractivity contribution in [3.8, 4) is 0 Å². The van der Waals surface area contributed by atoms with Gasteiger partial charge in [0.25, 0.3) is 5.91 Å². The van der Waals surface area contributed by atoms with Crippen LogP contribution in [0.25, 0.3) is 0 Å². The van der Waals surface area contributed by atoms with Crippen LogP contribution in [0.2, 0.25) is 10.0 Å². The van der Waals surface area contributed by atoms with Gasteiger partial charge in [-0.25, -0.2) is 9.78 Å². The topological polar surface area (TPSA) is 79.3 Å². The molecule has 102 valence electrons. The third-order valence-electron chi connectivity index (χ3n) is 2.47. The van der Waals surface area contributed by atoms with Gasteiger partial charge in [-0.3, -0.25) is 4.79 Å². The minimum Gasteiger partial charge on any atom is -0.478 e. The van der Waals surface area contributed by atoms with E-state index in [-0.39, 0.29) is 27.0 Å². The second kappa shape index (κ2) is 5.90. The molecule has 0 fully saturated rings. The minimum absolute atomic E-state index is 0.0546. The van der Waals surface area contributed by atoms with Crippen LogP contribution >= 0.6 is 23.2 Å². The molecule has 0 spiro atoms. The fraction of sp³-hybridized carbons (Fsp3) is 0. The standard InChI is InChI=1S/C13H8Cl2N2O3/c14-9-5-1-3-7(10(9)15)12(18)17-11-8(13(19)20)4-2-6-16-11/h1-6H,(H,19,20)(H,16,17,18). The largest absolute Gasteiger partial charge is 0.478 e. The monoisotopic (exact) mass is 310 g/mol. The number of aromatic carboxylic acids is 1. The highest BCUT2D eigenvalue weighted by atomic mass is 35.5. The molecule has 7 heteroatoms. The van der Waals surface area contributed by atoms with Crippen molar-refractivity contribution in [2.45, 2.75) is 0 Å². The quantitative estimate of drug-likeness (QED) is 0.911. The molecule has 0 saturated heterocycles. The number of hydrogen-bond donors (Lipinski definition) is 2. The first-order chi connectivity index (χ1) is 9.50.